The van der Waals surface area contributed by atoms with E-state index < -0.39 is 59.4 Å². The number of fused-ring (bicyclic) bond motifs is 1. The first kappa shape index (κ1) is 52.2. The van der Waals surface area contributed by atoms with Crippen molar-refractivity contribution in [3.05, 3.63) is 83.7 Å². The smallest absolute Gasteiger partial charge is 0.410 e. The number of anilines is 1. The van der Waals surface area contributed by atoms with Gasteiger partial charge in [-0.25, -0.2) is 18.0 Å². The molecule has 0 saturated carbocycles. The van der Waals surface area contributed by atoms with Gasteiger partial charge in [-0.05, 0) is 97.6 Å². The van der Waals surface area contributed by atoms with Crippen molar-refractivity contribution in [2.24, 2.45) is 11.3 Å². The van der Waals surface area contributed by atoms with Crippen LogP contribution in [0.2, 0.25) is 18.1 Å². The molecule has 2 aromatic heterocycles. The fourth-order valence-corrected chi connectivity index (χ4v) is 11.4. The van der Waals surface area contributed by atoms with E-state index >= 15 is 0 Å². The van der Waals surface area contributed by atoms with E-state index in [1.54, 1.807) is 27.2 Å². The first-order valence-electron chi connectivity index (χ1n) is 23.0. The highest BCUT2D eigenvalue weighted by Crippen LogP contribution is 2.43. The van der Waals surface area contributed by atoms with Crippen molar-refractivity contribution in [3.8, 4) is 11.3 Å². The Morgan fingerprint density at radius 1 is 1.02 bits per heavy atom. The summed E-state index contributed by atoms with van der Waals surface area (Å²) in [6.07, 6.45) is 1.08. The van der Waals surface area contributed by atoms with Crippen molar-refractivity contribution in [2.75, 3.05) is 44.5 Å². The number of aryl methyl sites for hydroxylation is 1. The monoisotopic (exact) mass is 947 g/mol. The van der Waals surface area contributed by atoms with Crippen LogP contribution < -0.4 is 10.2 Å². The molecule has 0 bridgehead atoms. The third kappa shape index (κ3) is 12.0. The second-order valence-electron chi connectivity index (χ2n) is 20.4. The third-order valence-corrected chi connectivity index (χ3v) is 20.0. The lowest BCUT2D eigenvalue weighted by molar-refractivity contribution is -0.143. The first-order valence-corrected chi connectivity index (χ1v) is 27.6. The van der Waals surface area contributed by atoms with Crippen LogP contribution in [-0.4, -0.2) is 111 Å². The number of benzene rings is 2. The van der Waals surface area contributed by atoms with Crippen molar-refractivity contribution in [1.29, 1.82) is 0 Å². The Balaban J connectivity index is 1.48. The van der Waals surface area contributed by atoms with Gasteiger partial charge in [0.15, 0.2) is 18.2 Å². The highest BCUT2D eigenvalue weighted by molar-refractivity contribution is 7.92. The van der Waals surface area contributed by atoms with E-state index in [4.69, 9.17) is 18.9 Å². The molecule has 2 N–H and O–H groups in total. The molecule has 3 heterocycles. The minimum atomic E-state index is -3.77. The molecule has 4 atom stereocenters. The number of aromatic nitrogens is 2. The summed E-state index contributed by atoms with van der Waals surface area (Å²) in [5.41, 5.74) is 6.29. The summed E-state index contributed by atoms with van der Waals surface area (Å²) in [5.74, 6) is -2.70. The van der Waals surface area contributed by atoms with Gasteiger partial charge in [0, 0.05) is 68.7 Å². The van der Waals surface area contributed by atoms with E-state index in [2.05, 4.69) is 82.7 Å². The Hall–Kier alpha value is -4.77. The highest BCUT2D eigenvalue weighted by atomic mass is 32.2. The van der Waals surface area contributed by atoms with Crippen LogP contribution >= 0.6 is 0 Å². The molecule has 2 amide bonds. The number of rotatable bonds is 19. The normalized spacial score (nSPS) is 17.1. The van der Waals surface area contributed by atoms with Gasteiger partial charge < -0.3 is 33.8 Å². The largest absolute Gasteiger partial charge is 0.480 e. The van der Waals surface area contributed by atoms with Crippen molar-refractivity contribution < 1.29 is 41.8 Å². The molecule has 14 nitrogen and oxygen atoms in total. The summed E-state index contributed by atoms with van der Waals surface area (Å²) < 4.78 is 48.0. The van der Waals surface area contributed by atoms with E-state index in [0.29, 0.717) is 19.6 Å². The summed E-state index contributed by atoms with van der Waals surface area (Å²) in [4.78, 5) is 47.7. The van der Waals surface area contributed by atoms with Crippen LogP contribution in [0.25, 0.3) is 22.2 Å². The molecule has 2 unspecified atom stereocenters. The molecule has 5 rings (SSSR count). The molecule has 16 heteroatoms. The van der Waals surface area contributed by atoms with Crippen LogP contribution in [0.1, 0.15) is 91.7 Å². The molecule has 4 aromatic rings. The average molecular weight is 948 g/mol. The van der Waals surface area contributed by atoms with Crippen molar-refractivity contribution >= 4 is 52.7 Å². The third-order valence-electron chi connectivity index (χ3n) is 13.5. The van der Waals surface area contributed by atoms with Gasteiger partial charge >= 0.3 is 12.1 Å². The van der Waals surface area contributed by atoms with Gasteiger partial charge in [-0.1, -0.05) is 78.8 Å². The van der Waals surface area contributed by atoms with Crippen LogP contribution in [0.4, 0.5) is 10.5 Å². The van der Waals surface area contributed by atoms with Gasteiger partial charge in [-0.15, -0.1) is 0 Å². The van der Waals surface area contributed by atoms with E-state index in [9.17, 15) is 27.9 Å². The maximum atomic E-state index is 13.8. The summed E-state index contributed by atoms with van der Waals surface area (Å²) >= 11 is 0. The molecule has 1 fully saturated rings. The number of nitrogens with zero attached hydrogens (tertiary/aromatic N) is 4. The molecule has 1 saturated heterocycles. The number of aliphatic carboxylic acids is 1. The number of carboxylic acids is 1. The predicted octanol–water partition coefficient (Wildman–Crippen LogP) is 8.88. The first-order chi connectivity index (χ1) is 30.8. The zero-order chi connectivity index (χ0) is 48.9. The molecule has 66 heavy (non-hydrogen) atoms. The van der Waals surface area contributed by atoms with Gasteiger partial charge in [0.25, 0.3) is 0 Å². The standard InChI is InChI=1S/C50H73N5O9SSi/c1-14-55-42-23-22-36(27-39(42)40(29-50(8,9)32-64-66(12,13)49(5,6)7)45(55)38-21-18-24-51-43(38)34(4)62-11)54-25-26-65(60,61)37(30-54)28-41(47(57)58)52-46(56)44(33(2)3)53(10)48(59)63-31-35-19-16-15-17-20-35/h15-24,27,33-34,37,41,44H,14,25-26,28-32H2,1-13H3,(H,52,56)(H,57,58)/t34-,37?,41?,44-/m0/s1. The summed E-state index contributed by atoms with van der Waals surface area (Å²) in [6.45, 7) is 24.8. The Kier molecular flexibility index (Phi) is 16.6. The fourth-order valence-electron chi connectivity index (χ4n) is 8.51. The van der Waals surface area contributed by atoms with E-state index in [1.807, 2.05) is 54.3 Å². The minimum Gasteiger partial charge on any atom is -0.480 e. The zero-order valence-corrected chi connectivity index (χ0v) is 43.1. The minimum absolute atomic E-state index is 0.00640. The highest BCUT2D eigenvalue weighted by Gasteiger charge is 2.41. The quantitative estimate of drug-likeness (QED) is 0.0862. The van der Waals surface area contributed by atoms with Gasteiger partial charge in [0.1, 0.15) is 18.7 Å². The van der Waals surface area contributed by atoms with Gasteiger partial charge in [-0.3, -0.25) is 14.7 Å². The number of methoxy groups -OCH3 is 1. The van der Waals surface area contributed by atoms with E-state index in [0.717, 1.165) is 49.6 Å². The Morgan fingerprint density at radius 2 is 1.70 bits per heavy atom. The number of carboxylic acid groups (broad SMARTS) is 1. The molecule has 1 aliphatic heterocycles. The number of hydrogen-bond acceptors (Lipinski definition) is 10. The number of pyridine rings is 1. The molecule has 2 aromatic carbocycles. The molecule has 0 spiro atoms. The van der Waals surface area contributed by atoms with Crippen LogP contribution in [0.5, 0.6) is 0 Å². The molecular formula is C50H73N5O9SSi. The topological polar surface area (TPSA) is 170 Å². The second kappa shape index (κ2) is 21.0. The van der Waals surface area contributed by atoms with Crippen LogP contribution in [0.15, 0.2) is 66.9 Å². The average Bonchev–Trinajstić information content (AvgIpc) is 3.55. The SMILES string of the molecule is CCn1c(-c2cccnc2[C@H](C)OC)c(CC(C)(C)CO[Si](C)(C)C(C)(C)C)c2cc(N3CCS(=O)(=O)C(CC(NC(=O)[C@H](C(C)C)N(C)C(=O)OCc4ccccc4)C(=O)O)C3)ccc21. The van der Waals surface area contributed by atoms with Crippen molar-refractivity contribution in [2.45, 2.75) is 130 Å². The summed E-state index contributed by atoms with van der Waals surface area (Å²) in [5, 5.41) is 13.0. The lowest BCUT2D eigenvalue weighted by atomic mass is 9.84. The lowest BCUT2D eigenvalue weighted by Crippen LogP contribution is -2.56. The Bertz CT molecular complexity index is 2450. The number of carbonyl (C=O) groups excluding carboxylic acids is 2. The zero-order valence-electron chi connectivity index (χ0n) is 41.3. The number of amides is 2. The van der Waals surface area contributed by atoms with E-state index in [1.165, 1.54) is 7.05 Å². The number of hydrogen-bond donors (Lipinski definition) is 2. The Morgan fingerprint density at radius 3 is 2.30 bits per heavy atom. The fraction of sp³-hybridized carbons (Fsp3) is 0.560. The maximum Gasteiger partial charge on any atom is 0.410 e. The summed E-state index contributed by atoms with van der Waals surface area (Å²) in [6, 6.07) is 16.7. The van der Waals surface area contributed by atoms with Gasteiger partial charge in [0.05, 0.1) is 28.5 Å². The number of carbonyl (C=O) groups is 3. The second-order valence-corrected chi connectivity index (χ2v) is 27.6. The van der Waals surface area contributed by atoms with Gasteiger partial charge in [-0.2, -0.15) is 0 Å². The van der Waals surface area contributed by atoms with Crippen molar-refractivity contribution in [1.82, 2.24) is 19.8 Å². The molecule has 1 aliphatic rings. The number of ether oxygens (including phenoxy) is 2. The van der Waals surface area contributed by atoms with Gasteiger partial charge in [0.2, 0.25) is 5.91 Å². The number of sulfone groups is 1. The predicted molar refractivity (Wildman–Crippen MR) is 264 cm³/mol. The molecule has 0 radical (unpaired) electrons. The van der Waals surface area contributed by atoms with Crippen molar-refractivity contribution in [3.63, 3.8) is 0 Å². The number of likely N-dealkylation sites (N-methyl/N-ethyl adjacent to an activating group) is 1. The molecule has 0 aliphatic carbocycles. The van der Waals surface area contributed by atoms with Crippen LogP contribution in [0, 0.1) is 11.3 Å². The molecular weight excluding hydrogens is 875 g/mol. The van der Waals surface area contributed by atoms with Crippen LogP contribution in [0.3, 0.4) is 0 Å². The van der Waals surface area contributed by atoms with E-state index in [-0.39, 0.29) is 48.4 Å². The Labute approximate surface area is 393 Å². The lowest BCUT2D eigenvalue weighted by Gasteiger charge is -2.39. The van der Waals surface area contributed by atoms with Crippen LogP contribution in [-0.2, 0) is 52.9 Å². The molecule has 362 valence electrons. The summed E-state index contributed by atoms with van der Waals surface area (Å²) in [7, 11) is -2.73. The maximum absolute atomic E-state index is 13.8. The number of nitrogens with one attached hydrogen (secondary N) is 1.